The van der Waals surface area contributed by atoms with Crippen LogP contribution in [-0.4, -0.2) is 30.3 Å². The van der Waals surface area contributed by atoms with E-state index in [1.54, 1.807) is 11.8 Å². The van der Waals surface area contributed by atoms with Crippen molar-refractivity contribution in [2.24, 2.45) is 0 Å². The van der Waals surface area contributed by atoms with E-state index in [1.807, 2.05) is 5.94 Å². The predicted octanol–water partition coefficient (Wildman–Crippen LogP) is 1.96. The first kappa shape index (κ1) is 12.6. The molecule has 0 bridgehead atoms. The largest absolute Gasteiger partial charge is 0.376 e. The standard InChI is InChI=1S/C11H19NO2S/c1-2-3-4-5-7-14-11-10(9-13)12-6-8-15-11/h11-12H,2-8H2,1H3. The van der Waals surface area contributed by atoms with Gasteiger partial charge >= 0.3 is 0 Å². The fraction of sp³-hybridized carbons (Fsp3) is 0.818. The Bertz CT molecular complexity index is 227. The molecule has 0 saturated carbocycles. The number of thioether (sulfide) groups is 1. The molecule has 1 atom stereocenters. The number of unbranched alkanes of at least 4 members (excludes halogenated alkanes) is 3. The van der Waals surface area contributed by atoms with Crippen molar-refractivity contribution in [1.29, 1.82) is 0 Å². The number of rotatable bonds is 6. The highest BCUT2D eigenvalue weighted by Gasteiger charge is 2.20. The van der Waals surface area contributed by atoms with Crippen molar-refractivity contribution < 1.29 is 9.53 Å². The van der Waals surface area contributed by atoms with Gasteiger partial charge in [0.1, 0.15) is 11.6 Å². The van der Waals surface area contributed by atoms with Crippen LogP contribution in [0.1, 0.15) is 32.6 Å². The van der Waals surface area contributed by atoms with E-state index in [1.165, 1.54) is 19.3 Å². The Kier molecular flexibility index (Phi) is 6.57. The van der Waals surface area contributed by atoms with Crippen LogP contribution in [0.3, 0.4) is 0 Å². The van der Waals surface area contributed by atoms with E-state index < -0.39 is 0 Å². The fourth-order valence-electron chi connectivity index (χ4n) is 1.45. The molecule has 1 unspecified atom stereocenters. The van der Waals surface area contributed by atoms with Crippen molar-refractivity contribution >= 4 is 17.7 Å². The summed E-state index contributed by atoms with van der Waals surface area (Å²) in [5.74, 6) is 2.91. The van der Waals surface area contributed by atoms with E-state index in [2.05, 4.69) is 12.2 Å². The molecule has 1 aliphatic heterocycles. The van der Waals surface area contributed by atoms with Crippen LogP contribution < -0.4 is 5.32 Å². The second-order valence-electron chi connectivity index (χ2n) is 3.58. The Morgan fingerprint density at radius 2 is 2.40 bits per heavy atom. The van der Waals surface area contributed by atoms with E-state index in [-0.39, 0.29) is 5.44 Å². The molecule has 0 aromatic carbocycles. The minimum atomic E-state index is -0.113. The van der Waals surface area contributed by atoms with Gasteiger partial charge in [-0.15, -0.1) is 11.8 Å². The Morgan fingerprint density at radius 1 is 1.53 bits per heavy atom. The van der Waals surface area contributed by atoms with Crippen LogP contribution in [0.5, 0.6) is 0 Å². The van der Waals surface area contributed by atoms with Gasteiger partial charge in [0.2, 0.25) is 0 Å². The van der Waals surface area contributed by atoms with Crippen molar-refractivity contribution in [3.8, 4) is 0 Å². The molecule has 86 valence electrons. The lowest BCUT2D eigenvalue weighted by Crippen LogP contribution is -2.32. The number of carbonyl (C=O) groups excluding carboxylic acids is 1. The van der Waals surface area contributed by atoms with Crippen molar-refractivity contribution in [3.05, 3.63) is 5.70 Å². The monoisotopic (exact) mass is 229 g/mol. The molecule has 1 heterocycles. The maximum Gasteiger partial charge on any atom is 0.153 e. The Hall–Kier alpha value is -0.440. The summed E-state index contributed by atoms with van der Waals surface area (Å²) in [5.41, 5.74) is 0.458. The van der Waals surface area contributed by atoms with Crippen molar-refractivity contribution in [2.45, 2.75) is 38.0 Å². The third kappa shape index (κ3) is 4.74. The Labute approximate surface area is 95.6 Å². The van der Waals surface area contributed by atoms with Gasteiger partial charge in [0.15, 0.2) is 5.44 Å². The first-order valence-electron chi connectivity index (χ1n) is 5.60. The van der Waals surface area contributed by atoms with Gasteiger partial charge in [-0.2, -0.15) is 0 Å². The van der Waals surface area contributed by atoms with Gasteiger partial charge in [-0.25, -0.2) is 4.79 Å². The first-order chi connectivity index (χ1) is 7.38. The summed E-state index contributed by atoms with van der Waals surface area (Å²) < 4.78 is 5.63. The fourth-order valence-corrected chi connectivity index (χ4v) is 2.38. The van der Waals surface area contributed by atoms with Gasteiger partial charge in [0.05, 0.1) is 0 Å². The predicted molar refractivity (Wildman–Crippen MR) is 63.5 cm³/mol. The van der Waals surface area contributed by atoms with E-state index in [0.29, 0.717) is 5.70 Å². The van der Waals surface area contributed by atoms with Gasteiger partial charge in [-0.3, -0.25) is 0 Å². The smallest absolute Gasteiger partial charge is 0.153 e. The summed E-state index contributed by atoms with van der Waals surface area (Å²) in [6.07, 6.45) is 4.79. The van der Waals surface area contributed by atoms with Crippen molar-refractivity contribution in [2.75, 3.05) is 18.9 Å². The summed E-state index contributed by atoms with van der Waals surface area (Å²) >= 11 is 1.68. The summed E-state index contributed by atoms with van der Waals surface area (Å²) in [7, 11) is 0. The average Bonchev–Trinajstić information content (AvgIpc) is 2.29. The molecule has 15 heavy (non-hydrogen) atoms. The second-order valence-corrected chi connectivity index (χ2v) is 4.75. The van der Waals surface area contributed by atoms with Crippen molar-refractivity contribution in [3.63, 3.8) is 0 Å². The lowest BCUT2D eigenvalue weighted by Gasteiger charge is -2.23. The van der Waals surface area contributed by atoms with Gasteiger partial charge in [0, 0.05) is 18.9 Å². The zero-order valence-corrected chi connectivity index (χ0v) is 10.1. The van der Waals surface area contributed by atoms with Crippen LogP contribution in [0.15, 0.2) is 5.70 Å². The minimum Gasteiger partial charge on any atom is -0.376 e. The molecular weight excluding hydrogens is 210 g/mol. The maximum atomic E-state index is 10.6. The molecule has 1 rings (SSSR count). The van der Waals surface area contributed by atoms with Gasteiger partial charge in [-0.1, -0.05) is 26.2 Å². The van der Waals surface area contributed by atoms with Crippen LogP contribution in [0.25, 0.3) is 0 Å². The summed E-state index contributed by atoms with van der Waals surface area (Å²) in [4.78, 5) is 10.6. The number of hydrogen-bond donors (Lipinski definition) is 1. The lowest BCUT2D eigenvalue weighted by atomic mass is 10.2. The van der Waals surface area contributed by atoms with Crippen molar-refractivity contribution in [1.82, 2.24) is 5.32 Å². The Morgan fingerprint density at radius 3 is 3.13 bits per heavy atom. The second kappa shape index (κ2) is 7.80. The highest BCUT2D eigenvalue weighted by Crippen LogP contribution is 2.21. The molecule has 0 spiro atoms. The summed E-state index contributed by atoms with van der Waals surface area (Å²) in [6, 6.07) is 0. The topological polar surface area (TPSA) is 38.3 Å². The molecule has 1 N–H and O–H groups in total. The third-order valence-electron chi connectivity index (χ3n) is 2.30. The highest BCUT2D eigenvalue weighted by molar-refractivity contribution is 8.00. The van der Waals surface area contributed by atoms with Crippen LogP contribution >= 0.6 is 11.8 Å². The molecule has 1 fully saturated rings. The van der Waals surface area contributed by atoms with Crippen LogP contribution in [-0.2, 0) is 9.53 Å². The number of ether oxygens (including phenoxy) is 1. The molecule has 1 saturated heterocycles. The SMILES string of the molecule is CCCCCCOC1SCCNC1=C=O. The van der Waals surface area contributed by atoms with Gasteiger partial charge in [0.25, 0.3) is 0 Å². The zero-order chi connectivity index (χ0) is 10.9. The number of hydrogen-bond acceptors (Lipinski definition) is 4. The molecule has 0 aromatic heterocycles. The molecule has 0 aromatic rings. The summed E-state index contributed by atoms with van der Waals surface area (Å²) in [5, 5.41) is 3.02. The molecule has 3 nitrogen and oxygen atoms in total. The average molecular weight is 229 g/mol. The first-order valence-corrected chi connectivity index (χ1v) is 6.65. The molecular formula is C11H19NO2S. The van der Waals surface area contributed by atoms with E-state index in [9.17, 15) is 4.79 Å². The quantitative estimate of drug-likeness (QED) is 0.558. The maximum absolute atomic E-state index is 10.6. The normalized spacial score (nSPS) is 20.9. The van der Waals surface area contributed by atoms with Crippen LogP contribution in [0.4, 0.5) is 0 Å². The molecule has 4 heteroatoms. The molecule has 1 aliphatic rings. The highest BCUT2D eigenvalue weighted by atomic mass is 32.2. The molecule has 0 radical (unpaired) electrons. The van der Waals surface area contributed by atoms with E-state index in [4.69, 9.17) is 4.74 Å². The minimum absolute atomic E-state index is 0.113. The van der Waals surface area contributed by atoms with Crippen LogP contribution in [0.2, 0.25) is 0 Å². The lowest BCUT2D eigenvalue weighted by molar-refractivity contribution is 0.124. The third-order valence-corrected chi connectivity index (χ3v) is 3.41. The molecule has 0 amide bonds. The van der Waals surface area contributed by atoms with E-state index >= 15 is 0 Å². The van der Waals surface area contributed by atoms with Gasteiger partial charge < -0.3 is 10.1 Å². The zero-order valence-electron chi connectivity index (χ0n) is 9.25. The Balaban J connectivity index is 2.16. The number of nitrogens with one attached hydrogen (secondary N) is 1. The van der Waals surface area contributed by atoms with Crippen LogP contribution in [0, 0.1) is 0 Å². The van der Waals surface area contributed by atoms with Gasteiger partial charge in [-0.05, 0) is 6.42 Å². The van der Waals surface area contributed by atoms with E-state index in [0.717, 1.165) is 25.3 Å². The molecule has 0 aliphatic carbocycles. The summed E-state index contributed by atoms with van der Waals surface area (Å²) in [6.45, 7) is 3.77.